The molecule has 1 N–H and O–H groups in total. The van der Waals surface area contributed by atoms with Crippen molar-refractivity contribution in [3.8, 4) is 5.88 Å². The van der Waals surface area contributed by atoms with Gasteiger partial charge in [0.1, 0.15) is 6.10 Å². The number of hydrogen-bond acceptors (Lipinski definition) is 5. The molecule has 1 aromatic rings. The lowest BCUT2D eigenvalue weighted by atomic mass is 10.3. The van der Waals surface area contributed by atoms with E-state index in [0.29, 0.717) is 19.8 Å². The number of ether oxygens (including phenoxy) is 2. The summed E-state index contributed by atoms with van der Waals surface area (Å²) >= 11 is 0. The van der Waals surface area contributed by atoms with Crippen molar-refractivity contribution < 1.29 is 27.8 Å². The van der Waals surface area contributed by atoms with E-state index < -0.39 is 11.7 Å². The first-order valence-electron chi connectivity index (χ1n) is 7.10. The van der Waals surface area contributed by atoms with Crippen molar-refractivity contribution in [2.24, 2.45) is 0 Å². The standard InChI is InChI=1S/C14H19F3N2O3/c15-14(16,17)11-1-2-13(18-9-11)22-12-3-4-19(10-12)5-7-21-8-6-20/h1-2,9,12,20H,3-8,10H2. The molecule has 0 aromatic carbocycles. The maximum Gasteiger partial charge on any atom is 0.417 e. The van der Waals surface area contributed by atoms with Crippen molar-refractivity contribution in [2.45, 2.75) is 18.7 Å². The molecule has 5 nitrogen and oxygen atoms in total. The van der Waals surface area contributed by atoms with Gasteiger partial charge in [-0.2, -0.15) is 13.2 Å². The van der Waals surface area contributed by atoms with E-state index in [4.69, 9.17) is 14.6 Å². The third kappa shape index (κ3) is 5.11. The van der Waals surface area contributed by atoms with Gasteiger partial charge < -0.3 is 14.6 Å². The summed E-state index contributed by atoms with van der Waals surface area (Å²) in [6.07, 6.45) is -2.89. The Bertz CT molecular complexity index is 454. The Morgan fingerprint density at radius 3 is 2.77 bits per heavy atom. The largest absolute Gasteiger partial charge is 0.473 e. The fourth-order valence-corrected chi connectivity index (χ4v) is 2.25. The molecule has 1 unspecified atom stereocenters. The van der Waals surface area contributed by atoms with Gasteiger partial charge in [0, 0.05) is 31.9 Å². The maximum absolute atomic E-state index is 12.4. The number of alkyl halides is 3. The molecule has 0 saturated carbocycles. The molecule has 2 rings (SSSR count). The molecule has 1 aliphatic rings. The first kappa shape index (κ1) is 17.0. The Hall–Kier alpha value is -1.38. The summed E-state index contributed by atoms with van der Waals surface area (Å²) in [6.45, 7) is 3.12. The number of nitrogens with zero attached hydrogens (tertiary/aromatic N) is 2. The van der Waals surface area contributed by atoms with Crippen LogP contribution in [0.3, 0.4) is 0 Å². The van der Waals surface area contributed by atoms with Crippen molar-refractivity contribution in [1.82, 2.24) is 9.88 Å². The lowest BCUT2D eigenvalue weighted by Crippen LogP contribution is -2.28. The van der Waals surface area contributed by atoms with E-state index >= 15 is 0 Å². The van der Waals surface area contributed by atoms with Gasteiger partial charge in [0.05, 0.1) is 25.4 Å². The van der Waals surface area contributed by atoms with Gasteiger partial charge >= 0.3 is 6.18 Å². The van der Waals surface area contributed by atoms with Crippen molar-refractivity contribution in [2.75, 3.05) is 39.5 Å². The van der Waals surface area contributed by atoms with Crippen molar-refractivity contribution in [3.63, 3.8) is 0 Å². The lowest BCUT2D eigenvalue weighted by molar-refractivity contribution is -0.137. The summed E-state index contributed by atoms with van der Waals surface area (Å²) in [5.41, 5.74) is -0.783. The molecule has 0 spiro atoms. The normalized spacial score (nSPS) is 19.5. The van der Waals surface area contributed by atoms with E-state index in [1.54, 1.807) is 0 Å². The van der Waals surface area contributed by atoms with Crippen LogP contribution in [0, 0.1) is 0 Å². The molecule has 0 aliphatic carbocycles. The first-order chi connectivity index (χ1) is 10.5. The van der Waals surface area contributed by atoms with Crippen LogP contribution < -0.4 is 4.74 Å². The number of aliphatic hydroxyl groups is 1. The number of likely N-dealkylation sites (tertiary alicyclic amines) is 1. The van der Waals surface area contributed by atoms with Crippen molar-refractivity contribution >= 4 is 0 Å². The number of halogens is 3. The number of aromatic nitrogens is 1. The van der Waals surface area contributed by atoms with Crippen LogP contribution in [-0.2, 0) is 10.9 Å². The number of rotatable bonds is 7. The van der Waals surface area contributed by atoms with Gasteiger partial charge in [0.2, 0.25) is 5.88 Å². The number of aliphatic hydroxyl groups excluding tert-OH is 1. The van der Waals surface area contributed by atoms with Crippen LogP contribution in [0.4, 0.5) is 13.2 Å². The second-order valence-corrected chi connectivity index (χ2v) is 5.05. The maximum atomic E-state index is 12.4. The topological polar surface area (TPSA) is 54.8 Å². The van der Waals surface area contributed by atoms with Crippen LogP contribution >= 0.6 is 0 Å². The van der Waals surface area contributed by atoms with Crippen LogP contribution in [0.2, 0.25) is 0 Å². The molecule has 1 saturated heterocycles. The summed E-state index contributed by atoms with van der Waals surface area (Å²) in [7, 11) is 0. The van der Waals surface area contributed by atoms with Gasteiger partial charge in [-0.05, 0) is 12.5 Å². The first-order valence-corrected chi connectivity index (χ1v) is 7.10. The minimum absolute atomic E-state index is 0.00528. The Kier molecular flexibility index (Phi) is 5.98. The quantitative estimate of drug-likeness (QED) is 0.773. The van der Waals surface area contributed by atoms with E-state index in [1.165, 1.54) is 6.07 Å². The molecule has 124 valence electrons. The average Bonchev–Trinajstić information content (AvgIpc) is 2.91. The predicted molar refractivity (Wildman–Crippen MR) is 72.6 cm³/mol. The Morgan fingerprint density at radius 1 is 1.32 bits per heavy atom. The highest BCUT2D eigenvalue weighted by atomic mass is 19.4. The summed E-state index contributed by atoms with van der Waals surface area (Å²) in [6, 6.07) is 2.22. The molecule has 0 bridgehead atoms. The zero-order chi connectivity index (χ0) is 16.0. The Labute approximate surface area is 126 Å². The molecule has 1 fully saturated rings. The molecule has 0 radical (unpaired) electrons. The Morgan fingerprint density at radius 2 is 2.14 bits per heavy atom. The van der Waals surface area contributed by atoms with Crippen LogP contribution in [-0.4, -0.2) is 60.5 Å². The fourth-order valence-electron chi connectivity index (χ4n) is 2.25. The number of pyridine rings is 1. The summed E-state index contributed by atoms with van der Waals surface area (Å²) in [5.74, 6) is 0.205. The third-order valence-electron chi connectivity index (χ3n) is 3.37. The molecule has 1 atom stereocenters. The summed E-state index contributed by atoms with van der Waals surface area (Å²) < 4.78 is 48.1. The van der Waals surface area contributed by atoms with Gasteiger partial charge in [-0.25, -0.2) is 4.98 Å². The van der Waals surface area contributed by atoms with E-state index in [1.807, 2.05) is 0 Å². The van der Waals surface area contributed by atoms with Gasteiger partial charge in [-0.1, -0.05) is 0 Å². The molecule has 1 aromatic heterocycles. The van der Waals surface area contributed by atoms with Crippen LogP contribution in [0.15, 0.2) is 18.3 Å². The minimum Gasteiger partial charge on any atom is -0.473 e. The highest BCUT2D eigenvalue weighted by molar-refractivity contribution is 5.20. The minimum atomic E-state index is -4.38. The molecule has 8 heteroatoms. The smallest absolute Gasteiger partial charge is 0.417 e. The average molecular weight is 320 g/mol. The fraction of sp³-hybridized carbons (Fsp3) is 0.643. The van der Waals surface area contributed by atoms with Crippen molar-refractivity contribution in [3.05, 3.63) is 23.9 Å². The molecular formula is C14H19F3N2O3. The van der Waals surface area contributed by atoms with Crippen molar-refractivity contribution in [1.29, 1.82) is 0 Å². The third-order valence-corrected chi connectivity index (χ3v) is 3.37. The van der Waals surface area contributed by atoms with E-state index in [-0.39, 0.29) is 18.6 Å². The Balaban J connectivity index is 1.75. The summed E-state index contributed by atoms with van der Waals surface area (Å²) in [4.78, 5) is 5.85. The van der Waals surface area contributed by atoms with E-state index in [9.17, 15) is 13.2 Å². The highest BCUT2D eigenvalue weighted by Crippen LogP contribution is 2.29. The van der Waals surface area contributed by atoms with Crippen LogP contribution in [0.1, 0.15) is 12.0 Å². The van der Waals surface area contributed by atoms with Gasteiger partial charge in [0.15, 0.2) is 0 Å². The second kappa shape index (κ2) is 7.75. The zero-order valence-corrected chi connectivity index (χ0v) is 12.1. The monoisotopic (exact) mass is 320 g/mol. The molecular weight excluding hydrogens is 301 g/mol. The van der Waals surface area contributed by atoms with E-state index in [2.05, 4.69) is 9.88 Å². The SMILES string of the molecule is OCCOCCN1CCC(Oc2ccc(C(F)(F)F)cn2)C1. The van der Waals surface area contributed by atoms with E-state index in [0.717, 1.165) is 31.8 Å². The molecule has 22 heavy (non-hydrogen) atoms. The van der Waals surface area contributed by atoms with Crippen LogP contribution in [0.25, 0.3) is 0 Å². The molecule has 0 amide bonds. The van der Waals surface area contributed by atoms with Crippen LogP contribution in [0.5, 0.6) is 5.88 Å². The summed E-state index contributed by atoms with van der Waals surface area (Å²) in [5, 5.41) is 8.60. The van der Waals surface area contributed by atoms with Gasteiger partial charge in [0.25, 0.3) is 0 Å². The number of hydrogen-bond donors (Lipinski definition) is 1. The predicted octanol–water partition coefficient (Wildman–Crippen LogP) is 1.56. The second-order valence-electron chi connectivity index (χ2n) is 5.05. The lowest BCUT2D eigenvalue weighted by Gasteiger charge is -2.16. The van der Waals surface area contributed by atoms with Gasteiger partial charge in [-0.15, -0.1) is 0 Å². The zero-order valence-electron chi connectivity index (χ0n) is 12.1. The molecule has 2 heterocycles. The van der Waals surface area contributed by atoms with Gasteiger partial charge in [-0.3, -0.25) is 4.90 Å². The molecule has 1 aliphatic heterocycles. The highest BCUT2D eigenvalue weighted by Gasteiger charge is 2.31.